The van der Waals surface area contributed by atoms with Crippen molar-refractivity contribution in [1.82, 2.24) is 10.3 Å². The van der Waals surface area contributed by atoms with E-state index in [1.807, 2.05) is 12.1 Å². The van der Waals surface area contributed by atoms with Crippen molar-refractivity contribution >= 4 is 12.1 Å². The highest BCUT2D eigenvalue weighted by molar-refractivity contribution is 5.81. The third-order valence-electron chi connectivity index (χ3n) is 4.10. The van der Waals surface area contributed by atoms with Crippen LogP contribution in [0.2, 0.25) is 0 Å². The zero-order valence-electron chi connectivity index (χ0n) is 15.9. The Morgan fingerprint density at radius 3 is 2.54 bits per heavy atom. The van der Waals surface area contributed by atoms with E-state index in [9.17, 15) is 9.59 Å². The van der Waals surface area contributed by atoms with Gasteiger partial charge in [-0.05, 0) is 45.2 Å². The van der Waals surface area contributed by atoms with Crippen LogP contribution in [0.1, 0.15) is 50.8 Å². The lowest BCUT2D eigenvalue weighted by atomic mass is 9.95. The lowest BCUT2D eigenvalue weighted by molar-refractivity contribution is -0.143. The number of esters is 1. The summed E-state index contributed by atoms with van der Waals surface area (Å²) >= 11 is 0. The van der Waals surface area contributed by atoms with E-state index in [1.165, 1.54) is 7.11 Å². The molecule has 0 spiro atoms. The molecule has 1 amide bonds. The highest BCUT2D eigenvalue weighted by Crippen LogP contribution is 2.25. The summed E-state index contributed by atoms with van der Waals surface area (Å²) in [7, 11) is 1.29. The first-order valence-electron chi connectivity index (χ1n) is 8.88. The first kappa shape index (κ1) is 20.2. The number of aromatic nitrogens is 1. The Morgan fingerprint density at radius 1 is 1.31 bits per heavy atom. The number of hydrogen-bond donors (Lipinski definition) is 1. The number of nitrogens with zero attached hydrogens (tertiary/aromatic N) is 1. The van der Waals surface area contributed by atoms with Crippen LogP contribution in [0.25, 0.3) is 0 Å². The monoisotopic (exact) mass is 364 g/mol. The summed E-state index contributed by atoms with van der Waals surface area (Å²) in [5.41, 5.74) is 1.23. The minimum Gasteiger partial charge on any atom is -0.467 e. The Morgan fingerprint density at radius 2 is 2.00 bits per heavy atom. The van der Waals surface area contributed by atoms with Gasteiger partial charge in [-0.25, -0.2) is 9.59 Å². The number of amides is 1. The molecule has 0 unspecified atom stereocenters. The maximum Gasteiger partial charge on any atom is 0.408 e. The largest absolute Gasteiger partial charge is 0.467 e. The highest BCUT2D eigenvalue weighted by atomic mass is 16.6. The van der Waals surface area contributed by atoms with Crippen molar-refractivity contribution < 1.29 is 23.8 Å². The molecule has 0 saturated carbocycles. The standard InChI is InChI=1S/C19H28N2O5/c1-19(2,3)26-18(23)21-16(17(22)24-4)11-13-5-6-15(20-12-13)14-7-9-25-10-8-14/h5-6,12,14,16H,7-11H2,1-4H3,(H,21,23)/t16-/m0/s1. The number of methoxy groups -OCH3 is 1. The van der Waals surface area contributed by atoms with Crippen molar-refractivity contribution in [3.63, 3.8) is 0 Å². The van der Waals surface area contributed by atoms with E-state index in [1.54, 1.807) is 27.0 Å². The van der Waals surface area contributed by atoms with Crippen LogP contribution in [0.3, 0.4) is 0 Å². The minimum atomic E-state index is -0.828. The molecule has 1 saturated heterocycles. The van der Waals surface area contributed by atoms with Gasteiger partial charge in [0.1, 0.15) is 11.6 Å². The van der Waals surface area contributed by atoms with Gasteiger partial charge in [0.25, 0.3) is 0 Å². The van der Waals surface area contributed by atoms with E-state index >= 15 is 0 Å². The van der Waals surface area contributed by atoms with Gasteiger partial charge in [0.2, 0.25) is 0 Å². The highest BCUT2D eigenvalue weighted by Gasteiger charge is 2.25. The van der Waals surface area contributed by atoms with Crippen molar-refractivity contribution in [2.45, 2.75) is 57.6 Å². The molecule has 1 aliphatic rings. The SMILES string of the molecule is COC(=O)[C@H](Cc1ccc(C2CCOCC2)nc1)NC(=O)OC(C)(C)C. The predicted octanol–water partition coefficient (Wildman–Crippen LogP) is 2.58. The second kappa shape index (κ2) is 8.98. The van der Waals surface area contributed by atoms with Crippen molar-refractivity contribution in [3.8, 4) is 0 Å². The zero-order valence-corrected chi connectivity index (χ0v) is 15.9. The molecule has 7 nitrogen and oxygen atoms in total. The molecule has 0 aliphatic carbocycles. The fraction of sp³-hybridized carbons (Fsp3) is 0.632. The van der Waals surface area contributed by atoms with Gasteiger partial charge in [0.05, 0.1) is 7.11 Å². The van der Waals surface area contributed by atoms with E-state index in [0.717, 1.165) is 37.3 Å². The van der Waals surface area contributed by atoms with Crippen molar-refractivity contribution in [2.75, 3.05) is 20.3 Å². The van der Waals surface area contributed by atoms with E-state index in [0.29, 0.717) is 5.92 Å². The van der Waals surface area contributed by atoms with Crippen LogP contribution in [0.5, 0.6) is 0 Å². The summed E-state index contributed by atoms with van der Waals surface area (Å²) in [6, 6.07) is 3.09. The van der Waals surface area contributed by atoms with Gasteiger partial charge in [-0.3, -0.25) is 4.98 Å². The molecule has 1 atom stereocenters. The summed E-state index contributed by atoms with van der Waals surface area (Å²) < 4.78 is 15.4. The Bertz CT molecular complexity index is 603. The number of carbonyl (C=O) groups is 2. The second-order valence-corrected chi connectivity index (χ2v) is 7.40. The van der Waals surface area contributed by atoms with E-state index in [4.69, 9.17) is 14.2 Å². The first-order chi connectivity index (χ1) is 12.3. The van der Waals surface area contributed by atoms with Crippen molar-refractivity contribution in [1.29, 1.82) is 0 Å². The fourth-order valence-corrected chi connectivity index (χ4v) is 2.81. The number of ether oxygens (including phenoxy) is 3. The lowest BCUT2D eigenvalue weighted by Gasteiger charge is -2.23. The Kier molecular flexibility index (Phi) is 6.97. The fourth-order valence-electron chi connectivity index (χ4n) is 2.81. The average Bonchev–Trinajstić information content (AvgIpc) is 2.60. The van der Waals surface area contributed by atoms with Gasteiger partial charge in [0.15, 0.2) is 0 Å². The molecule has 1 fully saturated rings. The number of nitrogens with one attached hydrogen (secondary N) is 1. The maximum absolute atomic E-state index is 12.0. The van der Waals surface area contributed by atoms with Crippen LogP contribution in [0.4, 0.5) is 4.79 Å². The molecule has 7 heteroatoms. The summed E-state index contributed by atoms with van der Waals surface area (Å²) in [6.07, 6.45) is 3.32. The molecule has 1 aromatic heterocycles. The molecule has 1 N–H and O–H groups in total. The Hall–Kier alpha value is -2.15. The van der Waals surface area contributed by atoms with E-state index in [-0.39, 0.29) is 6.42 Å². The third-order valence-corrected chi connectivity index (χ3v) is 4.10. The van der Waals surface area contributed by atoms with Gasteiger partial charge in [-0.1, -0.05) is 6.07 Å². The van der Waals surface area contributed by atoms with Gasteiger partial charge >= 0.3 is 12.1 Å². The summed E-state index contributed by atoms with van der Waals surface area (Å²) in [4.78, 5) is 28.5. The van der Waals surface area contributed by atoms with Crippen LogP contribution in [-0.2, 0) is 25.4 Å². The van der Waals surface area contributed by atoms with Crippen molar-refractivity contribution in [2.24, 2.45) is 0 Å². The lowest BCUT2D eigenvalue weighted by Crippen LogP contribution is -2.45. The van der Waals surface area contributed by atoms with Gasteiger partial charge in [-0.15, -0.1) is 0 Å². The predicted molar refractivity (Wildman–Crippen MR) is 95.9 cm³/mol. The molecule has 2 heterocycles. The molecule has 1 aliphatic heterocycles. The molecule has 26 heavy (non-hydrogen) atoms. The normalized spacial score (nSPS) is 16.6. The Labute approximate surface area is 154 Å². The van der Waals surface area contributed by atoms with Crippen LogP contribution < -0.4 is 5.32 Å². The Balaban J connectivity index is 2.00. The number of carbonyl (C=O) groups excluding carboxylic acids is 2. The zero-order chi connectivity index (χ0) is 19.2. The molecular weight excluding hydrogens is 336 g/mol. The second-order valence-electron chi connectivity index (χ2n) is 7.40. The van der Waals surface area contributed by atoms with Gasteiger partial charge < -0.3 is 19.5 Å². The van der Waals surface area contributed by atoms with Gasteiger partial charge in [-0.2, -0.15) is 0 Å². The molecule has 0 radical (unpaired) electrons. The minimum absolute atomic E-state index is 0.285. The maximum atomic E-state index is 12.0. The average molecular weight is 364 g/mol. The molecule has 1 aromatic rings. The topological polar surface area (TPSA) is 86.8 Å². The molecule has 144 valence electrons. The van der Waals surface area contributed by atoms with Crippen LogP contribution >= 0.6 is 0 Å². The number of hydrogen-bond acceptors (Lipinski definition) is 6. The smallest absolute Gasteiger partial charge is 0.408 e. The van der Waals surface area contributed by atoms with Crippen LogP contribution in [0.15, 0.2) is 18.3 Å². The summed E-state index contributed by atoms with van der Waals surface area (Å²) in [6.45, 7) is 6.81. The van der Waals surface area contributed by atoms with Crippen LogP contribution in [0, 0.1) is 0 Å². The van der Waals surface area contributed by atoms with E-state index in [2.05, 4.69) is 10.3 Å². The van der Waals surface area contributed by atoms with Crippen molar-refractivity contribution in [3.05, 3.63) is 29.6 Å². The molecule has 0 aromatic carbocycles. The molecule has 2 rings (SSSR count). The van der Waals surface area contributed by atoms with E-state index < -0.39 is 23.7 Å². The molecular formula is C19H28N2O5. The first-order valence-corrected chi connectivity index (χ1v) is 8.88. The quantitative estimate of drug-likeness (QED) is 0.808. The summed E-state index contributed by atoms with van der Waals surface area (Å²) in [5.74, 6) is -0.113. The van der Waals surface area contributed by atoms with Crippen LogP contribution in [-0.4, -0.2) is 49.0 Å². The number of pyridine rings is 1. The number of rotatable bonds is 5. The number of alkyl carbamates (subject to hydrolysis) is 1. The third kappa shape index (κ3) is 6.29. The summed E-state index contributed by atoms with van der Waals surface area (Å²) in [5, 5.41) is 2.57. The molecule has 0 bridgehead atoms. The van der Waals surface area contributed by atoms with Gasteiger partial charge in [0, 0.05) is 37.4 Å².